The third kappa shape index (κ3) is 3.13. The molecular formula is C12H20N4OS. The second-order valence-electron chi connectivity index (χ2n) is 4.76. The molecule has 100 valence electrons. The van der Waals surface area contributed by atoms with Gasteiger partial charge < -0.3 is 16.4 Å². The van der Waals surface area contributed by atoms with Crippen LogP contribution < -0.4 is 16.4 Å². The summed E-state index contributed by atoms with van der Waals surface area (Å²) in [5.41, 5.74) is 5.78. The number of nitrogens with two attached hydrogens (primary N) is 1. The average Bonchev–Trinajstić information content (AvgIpc) is 3.11. The van der Waals surface area contributed by atoms with Gasteiger partial charge in [-0.1, -0.05) is 18.3 Å². The van der Waals surface area contributed by atoms with Crippen molar-refractivity contribution in [2.45, 2.75) is 39.2 Å². The molecule has 1 atom stereocenters. The predicted molar refractivity (Wildman–Crippen MR) is 75.0 cm³/mol. The Morgan fingerprint density at radius 2 is 2.33 bits per heavy atom. The van der Waals surface area contributed by atoms with Gasteiger partial charge in [-0.25, -0.2) is 4.98 Å². The minimum atomic E-state index is -0.103. The number of nitrogens with zero attached hydrogens (tertiary/aromatic N) is 1. The molecule has 1 fully saturated rings. The minimum absolute atomic E-state index is 0.103. The fraction of sp³-hybridized carbons (Fsp3) is 0.667. The Morgan fingerprint density at radius 3 is 2.94 bits per heavy atom. The van der Waals surface area contributed by atoms with Gasteiger partial charge in [-0.15, -0.1) is 0 Å². The summed E-state index contributed by atoms with van der Waals surface area (Å²) in [6.07, 6.45) is 3.44. The molecule has 0 bridgehead atoms. The third-order valence-corrected chi connectivity index (χ3v) is 4.10. The van der Waals surface area contributed by atoms with E-state index < -0.39 is 0 Å². The molecule has 2 rings (SSSR count). The first-order valence-corrected chi connectivity index (χ1v) is 7.24. The van der Waals surface area contributed by atoms with Crippen LogP contribution in [0.5, 0.6) is 0 Å². The maximum Gasteiger partial charge on any atom is 0.265 e. The molecule has 5 nitrogen and oxygen atoms in total. The summed E-state index contributed by atoms with van der Waals surface area (Å²) in [4.78, 5) is 16.7. The number of hydrogen-bond acceptors (Lipinski definition) is 5. The van der Waals surface area contributed by atoms with Crippen LogP contribution in [0.3, 0.4) is 0 Å². The van der Waals surface area contributed by atoms with Crippen LogP contribution in [-0.4, -0.2) is 23.5 Å². The summed E-state index contributed by atoms with van der Waals surface area (Å²) < 4.78 is 0. The second-order valence-corrected chi connectivity index (χ2v) is 5.76. The van der Waals surface area contributed by atoms with Crippen molar-refractivity contribution in [1.29, 1.82) is 0 Å². The van der Waals surface area contributed by atoms with Crippen molar-refractivity contribution in [3.63, 3.8) is 0 Å². The first-order chi connectivity index (χ1) is 8.61. The molecule has 0 radical (unpaired) electrons. The molecule has 1 unspecified atom stereocenters. The van der Waals surface area contributed by atoms with E-state index in [1.807, 2.05) is 6.92 Å². The Labute approximate surface area is 111 Å². The largest absolute Gasteiger partial charge is 0.382 e. The van der Waals surface area contributed by atoms with Crippen LogP contribution in [0.15, 0.2) is 0 Å². The van der Waals surface area contributed by atoms with E-state index in [-0.39, 0.29) is 11.9 Å². The molecule has 0 spiro atoms. The lowest BCUT2D eigenvalue weighted by Gasteiger charge is -2.11. The predicted octanol–water partition coefficient (Wildman–Crippen LogP) is 2.08. The highest BCUT2D eigenvalue weighted by Crippen LogP contribution is 2.33. The van der Waals surface area contributed by atoms with Crippen LogP contribution in [0.1, 0.15) is 42.8 Å². The van der Waals surface area contributed by atoms with E-state index in [9.17, 15) is 4.79 Å². The zero-order valence-electron chi connectivity index (χ0n) is 10.8. The van der Waals surface area contributed by atoms with Crippen LogP contribution >= 0.6 is 11.3 Å². The van der Waals surface area contributed by atoms with Gasteiger partial charge in [0.25, 0.3) is 5.91 Å². The van der Waals surface area contributed by atoms with Gasteiger partial charge in [-0.05, 0) is 32.1 Å². The zero-order chi connectivity index (χ0) is 13.1. The molecule has 6 heteroatoms. The van der Waals surface area contributed by atoms with Crippen LogP contribution in [0.25, 0.3) is 0 Å². The summed E-state index contributed by atoms with van der Waals surface area (Å²) in [6.45, 7) is 4.96. The zero-order valence-corrected chi connectivity index (χ0v) is 11.6. The second kappa shape index (κ2) is 5.56. The van der Waals surface area contributed by atoms with Crippen LogP contribution in [-0.2, 0) is 0 Å². The number of aromatic nitrogens is 1. The van der Waals surface area contributed by atoms with E-state index >= 15 is 0 Å². The van der Waals surface area contributed by atoms with Crippen molar-refractivity contribution in [2.75, 3.05) is 17.6 Å². The molecule has 4 N–H and O–H groups in total. The highest BCUT2D eigenvalue weighted by molar-refractivity contribution is 7.18. The normalized spacial score (nSPS) is 16.3. The van der Waals surface area contributed by atoms with Crippen molar-refractivity contribution in [2.24, 2.45) is 5.92 Å². The van der Waals surface area contributed by atoms with Gasteiger partial charge in [-0.2, -0.15) is 0 Å². The molecule has 1 amide bonds. The maximum atomic E-state index is 12.0. The summed E-state index contributed by atoms with van der Waals surface area (Å²) >= 11 is 1.32. The molecule has 1 aromatic rings. The summed E-state index contributed by atoms with van der Waals surface area (Å²) in [7, 11) is 0. The molecule has 0 aromatic carbocycles. The molecule has 1 aliphatic rings. The molecule has 1 aromatic heterocycles. The van der Waals surface area contributed by atoms with E-state index in [1.165, 1.54) is 24.2 Å². The van der Waals surface area contributed by atoms with Crippen molar-refractivity contribution in [3.05, 3.63) is 4.88 Å². The van der Waals surface area contributed by atoms with Gasteiger partial charge in [0.05, 0.1) is 0 Å². The Kier molecular flexibility index (Phi) is 4.06. The van der Waals surface area contributed by atoms with Crippen molar-refractivity contribution in [3.8, 4) is 0 Å². The van der Waals surface area contributed by atoms with Gasteiger partial charge >= 0.3 is 0 Å². The first-order valence-electron chi connectivity index (χ1n) is 6.42. The van der Waals surface area contributed by atoms with E-state index in [0.717, 1.165) is 18.1 Å². The number of hydrogen-bond donors (Lipinski definition) is 3. The van der Waals surface area contributed by atoms with Gasteiger partial charge in [0, 0.05) is 12.6 Å². The topological polar surface area (TPSA) is 80.0 Å². The number of carbonyl (C=O) groups excluding carboxylic acids is 1. The highest BCUT2D eigenvalue weighted by Gasteiger charge is 2.30. The molecule has 18 heavy (non-hydrogen) atoms. The molecule has 1 heterocycles. The first kappa shape index (κ1) is 13.1. The van der Waals surface area contributed by atoms with Crippen molar-refractivity contribution >= 4 is 28.2 Å². The lowest BCUT2D eigenvalue weighted by molar-refractivity contribution is 0.0940. The minimum Gasteiger partial charge on any atom is -0.382 e. The van der Waals surface area contributed by atoms with Gasteiger partial charge in [-0.3, -0.25) is 4.79 Å². The van der Waals surface area contributed by atoms with E-state index in [1.54, 1.807) is 0 Å². The number of thiazole rings is 1. The number of carbonyl (C=O) groups is 1. The number of anilines is 2. The quantitative estimate of drug-likeness (QED) is 0.738. The maximum absolute atomic E-state index is 12.0. The lowest BCUT2D eigenvalue weighted by atomic mass is 10.2. The smallest absolute Gasteiger partial charge is 0.265 e. The standard InChI is InChI=1S/C12H20N4OS/c1-3-6-14-12-16-10(13)9(18-12)11(17)15-7(2)8-4-5-8/h7-8H,3-6,13H2,1-2H3,(H,14,16)(H,15,17). The van der Waals surface area contributed by atoms with Crippen LogP contribution in [0.2, 0.25) is 0 Å². The molecule has 0 aliphatic heterocycles. The molecule has 0 saturated heterocycles. The summed E-state index contributed by atoms with van der Waals surface area (Å²) in [5.74, 6) is 0.855. The number of rotatable bonds is 6. The van der Waals surface area contributed by atoms with Crippen LogP contribution in [0.4, 0.5) is 10.9 Å². The van der Waals surface area contributed by atoms with Gasteiger partial charge in [0.1, 0.15) is 10.7 Å². The number of nitrogen functional groups attached to an aromatic ring is 1. The number of nitrogens with one attached hydrogen (secondary N) is 2. The van der Waals surface area contributed by atoms with E-state index in [2.05, 4.69) is 22.5 Å². The van der Waals surface area contributed by atoms with Gasteiger partial charge in [0.2, 0.25) is 0 Å². The fourth-order valence-electron chi connectivity index (χ4n) is 1.79. The highest BCUT2D eigenvalue weighted by atomic mass is 32.1. The van der Waals surface area contributed by atoms with E-state index in [4.69, 9.17) is 5.73 Å². The summed E-state index contributed by atoms with van der Waals surface area (Å²) in [5, 5.41) is 6.86. The average molecular weight is 268 g/mol. The van der Waals surface area contributed by atoms with Crippen LogP contribution in [0, 0.1) is 5.92 Å². The Hall–Kier alpha value is -1.30. The molecule has 1 aliphatic carbocycles. The SMILES string of the molecule is CCCNc1nc(N)c(C(=O)NC(C)C2CC2)s1. The van der Waals surface area contributed by atoms with Crippen molar-refractivity contribution < 1.29 is 4.79 Å². The van der Waals surface area contributed by atoms with Crippen molar-refractivity contribution in [1.82, 2.24) is 10.3 Å². The lowest BCUT2D eigenvalue weighted by Crippen LogP contribution is -2.33. The van der Waals surface area contributed by atoms with E-state index in [0.29, 0.717) is 16.6 Å². The Morgan fingerprint density at radius 1 is 1.61 bits per heavy atom. The monoisotopic (exact) mass is 268 g/mol. The van der Waals surface area contributed by atoms with Gasteiger partial charge in [0.15, 0.2) is 5.13 Å². The molecule has 1 saturated carbocycles. The summed E-state index contributed by atoms with van der Waals surface area (Å²) in [6, 6.07) is 0.228. The molecular weight excluding hydrogens is 248 g/mol. The third-order valence-electron chi connectivity index (χ3n) is 3.07. The number of amides is 1. The Bertz CT molecular complexity index is 428. The Balaban J connectivity index is 1.97. The fourth-order valence-corrected chi connectivity index (χ4v) is 2.60.